The molecule has 0 atom stereocenters. The number of hydrogen-bond donors (Lipinski definition) is 0. The summed E-state index contributed by atoms with van der Waals surface area (Å²) in [6.45, 7) is 11.7. The minimum atomic E-state index is -1.28. The predicted octanol–water partition coefficient (Wildman–Crippen LogP) is 1.45. The third-order valence-electron chi connectivity index (χ3n) is 1.74. The minimum Gasteiger partial charge on any atom is -0.550 e. The molecule has 0 aliphatic carbocycles. The van der Waals surface area contributed by atoms with E-state index in [1.807, 2.05) is 54.4 Å². The maximum absolute atomic E-state index is 10.4. The van der Waals surface area contributed by atoms with E-state index in [4.69, 9.17) is 0 Å². The zero-order valence-electron chi connectivity index (χ0n) is 16.3. The van der Waals surface area contributed by atoms with Crippen molar-refractivity contribution in [2.24, 2.45) is 0 Å². The molecule has 0 saturated heterocycles. The summed E-state index contributed by atoms with van der Waals surface area (Å²) in [6.07, 6.45) is 5.21. The molecule has 0 amide bonds. The molecule has 0 bridgehead atoms. The standard InChI is InChI=1S/2C6H10O3.2C3H7.Zr/c2*1-2-3-5(7)4-6(8)9;2*1-3-2;/h2*2-4H2,1H3,(H,8,9);2*3H,1-2H3;/q;;2*-1;+4/p-2. The number of carbonyl (C=O) groups excluding carboxylic acids is 4. The monoisotopic (exact) mass is 434 g/mol. The van der Waals surface area contributed by atoms with Gasteiger partial charge in [0, 0.05) is 37.6 Å². The summed E-state index contributed by atoms with van der Waals surface area (Å²) in [5.41, 5.74) is 0. The van der Waals surface area contributed by atoms with Gasteiger partial charge in [-0.1, -0.05) is 13.8 Å². The average Bonchev–Trinajstić information content (AvgIpc) is 2.39. The van der Waals surface area contributed by atoms with Gasteiger partial charge in [0.05, 0.1) is 0 Å². The van der Waals surface area contributed by atoms with Crippen LogP contribution in [0.5, 0.6) is 0 Å². The molecule has 0 radical (unpaired) electrons. The maximum atomic E-state index is 10.4. The molecule has 0 heterocycles. The third-order valence-corrected chi connectivity index (χ3v) is 1.74. The van der Waals surface area contributed by atoms with Crippen LogP contribution in [0.25, 0.3) is 0 Å². The van der Waals surface area contributed by atoms with Gasteiger partial charge in [0.1, 0.15) is 11.6 Å². The second kappa shape index (κ2) is 31.0. The van der Waals surface area contributed by atoms with Crippen molar-refractivity contribution in [1.29, 1.82) is 0 Å². The molecule has 0 aromatic heterocycles. The second-order valence-electron chi connectivity index (χ2n) is 4.83. The SMILES string of the molecule is CCCC(=O)CC(=O)[O-].CCCC(=O)CC(=O)[O-].C[CH-]C.C[CH-]C.[Zr+4]. The first-order chi connectivity index (χ1) is 11.2. The summed E-state index contributed by atoms with van der Waals surface area (Å²) in [5.74, 6) is -3.07. The van der Waals surface area contributed by atoms with Crippen molar-refractivity contribution < 1.29 is 55.6 Å². The molecule has 25 heavy (non-hydrogen) atoms. The Morgan fingerprint density at radius 1 is 0.680 bits per heavy atom. The maximum Gasteiger partial charge on any atom is 4.00 e. The van der Waals surface area contributed by atoms with Gasteiger partial charge in [-0.2, -0.15) is 27.7 Å². The Morgan fingerprint density at radius 3 is 1.00 bits per heavy atom. The molecule has 0 saturated carbocycles. The Labute approximate surface area is 171 Å². The minimum absolute atomic E-state index is 0. The average molecular weight is 436 g/mol. The van der Waals surface area contributed by atoms with Crippen LogP contribution >= 0.6 is 0 Å². The van der Waals surface area contributed by atoms with E-state index in [1.165, 1.54) is 0 Å². The Balaban J connectivity index is -0.0000000788. The van der Waals surface area contributed by atoms with Gasteiger partial charge in [0.25, 0.3) is 0 Å². The van der Waals surface area contributed by atoms with Crippen LogP contribution in [0.2, 0.25) is 0 Å². The first kappa shape index (κ1) is 35.3. The molecule has 0 aliphatic rings. The van der Waals surface area contributed by atoms with Gasteiger partial charge < -0.3 is 32.6 Å². The predicted molar refractivity (Wildman–Crippen MR) is 90.4 cm³/mol. The number of ketones is 2. The van der Waals surface area contributed by atoms with Gasteiger partial charge in [0.15, 0.2) is 0 Å². The number of Topliss-reactive ketones (excluding diaryl/α,β-unsaturated/α-hetero) is 2. The molecule has 0 aromatic rings. The topological polar surface area (TPSA) is 114 Å². The molecule has 0 aromatic carbocycles. The van der Waals surface area contributed by atoms with Gasteiger partial charge in [0.2, 0.25) is 0 Å². The Hall–Kier alpha value is -0.837. The van der Waals surface area contributed by atoms with Crippen LogP contribution in [0, 0.1) is 12.8 Å². The molecule has 0 fully saturated rings. The van der Waals surface area contributed by atoms with Crippen molar-refractivity contribution in [3.63, 3.8) is 0 Å². The van der Waals surface area contributed by atoms with E-state index < -0.39 is 24.8 Å². The summed E-state index contributed by atoms with van der Waals surface area (Å²) >= 11 is 0. The van der Waals surface area contributed by atoms with Crippen LogP contribution in [0.15, 0.2) is 0 Å². The van der Waals surface area contributed by atoms with E-state index in [-0.39, 0.29) is 37.8 Å². The molecule has 0 N–H and O–H groups in total. The van der Waals surface area contributed by atoms with E-state index >= 15 is 0 Å². The second-order valence-corrected chi connectivity index (χ2v) is 4.83. The molecule has 144 valence electrons. The summed E-state index contributed by atoms with van der Waals surface area (Å²) in [7, 11) is 0. The quantitative estimate of drug-likeness (QED) is 0.421. The van der Waals surface area contributed by atoms with E-state index in [9.17, 15) is 29.4 Å². The number of carbonyl (C=O) groups is 4. The molecular weight excluding hydrogens is 403 g/mol. The summed E-state index contributed by atoms with van der Waals surface area (Å²) < 4.78 is 0. The third kappa shape index (κ3) is 59.9. The number of rotatable bonds is 8. The smallest absolute Gasteiger partial charge is 0.550 e. The van der Waals surface area contributed by atoms with Gasteiger partial charge in [-0.25, -0.2) is 0 Å². The fourth-order valence-corrected chi connectivity index (χ4v) is 1.06. The zero-order valence-corrected chi connectivity index (χ0v) is 18.8. The summed E-state index contributed by atoms with van der Waals surface area (Å²) in [5, 5.41) is 19.5. The van der Waals surface area contributed by atoms with E-state index in [0.717, 1.165) is 0 Å². The van der Waals surface area contributed by atoms with Crippen LogP contribution in [0.1, 0.15) is 80.1 Å². The van der Waals surface area contributed by atoms with E-state index in [0.29, 0.717) is 25.7 Å². The number of carboxylic acid groups (broad SMARTS) is 2. The molecule has 0 unspecified atom stereocenters. The van der Waals surface area contributed by atoms with Crippen LogP contribution in [0.3, 0.4) is 0 Å². The van der Waals surface area contributed by atoms with Gasteiger partial charge >= 0.3 is 26.2 Å². The normalized spacial score (nSPS) is 7.92. The van der Waals surface area contributed by atoms with Crippen molar-refractivity contribution in [2.45, 2.75) is 80.1 Å². The van der Waals surface area contributed by atoms with Gasteiger partial charge in [-0.05, 0) is 12.8 Å². The van der Waals surface area contributed by atoms with Crippen molar-refractivity contribution in [3.8, 4) is 0 Å². The van der Waals surface area contributed by atoms with Crippen LogP contribution in [-0.4, -0.2) is 23.5 Å². The fourth-order valence-electron chi connectivity index (χ4n) is 1.06. The van der Waals surface area contributed by atoms with Gasteiger partial charge in [-0.15, -0.1) is 0 Å². The number of carboxylic acids is 2. The fraction of sp³-hybridized carbons (Fsp3) is 0.667. The first-order valence-corrected chi connectivity index (χ1v) is 8.07. The molecule has 7 heteroatoms. The molecule has 6 nitrogen and oxygen atoms in total. The largest absolute Gasteiger partial charge is 4.00 e. The van der Waals surface area contributed by atoms with E-state index in [2.05, 4.69) is 0 Å². The zero-order chi connectivity index (χ0) is 20.0. The molecule has 0 aliphatic heterocycles. The van der Waals surface area contributed by atoms with Crippen LogP contribution in [-0.2, 0) is 45.4 Å². The number of hydrogen-bond acceptors (Lipinski definition) is 6. The van der Waals surface area contributed by atoms with Crippen molar-refractivity contribution >= 4 is 23.5 Å². The van der Waals surface area contributed by atoms with Crippen LogP contribution in [0.4, 0.5) is 0 Å². The van der Waals surface area contributed by atoms with Crippen LogP contribution < -0.4 is 10.2 Å². The molecule has 0 rings (SSSR count). The first-order valence-electron chi connectivity index (χ1n) is 8.07. The molecular formula is C18H32O6Zr. The van der Waals surface area contributed by atoms with Gasteiger partial charge in [-0.3, -0.25) is 9.59 Å². The summed E-state index contributed by atoms with van der Waals surface area (Å²) in [6, 6.07) is 0. The Bertz CT molecular complexity index is 298. The van der Waals surface area contributed by atoms with Crippen molar-refractivity contribution in [1.82, 2.24) is 0 Å². The summed E-state index contributed by atoms with van der Waals surface area (Å²) in [4.78, 5) is 40.4. The van der Waals surface area contributed by atoms with Crippen molar-refractivity contribution in [2.75, 3.05) is 0 Å². The van der Waals surface area contributed by atoms with E-state index in [1.54, 1.807) is 0 Å². The Morgan fingerprint density at radius 2 is 0.880 bits per heavy atom. The number of aliphatic carboxylic acids is 2. The molecule has 0 spiro atoms. The van der Waals surface area contributed by atoms with Crippen molar-refractivity contribution in [3.05, 3.63) is 12.8 Å². The Kier molecular flexibility index (Phi) is 43.8.